The fourth-order valence-electron chi connectivity index (χ4n) is 1.35. The quantitative estimate of drug-likeness (QED) is 0.521. The van der Waals surface area contributed by atoms with E-state index in [1.807, 2.05) is 0 Å². The average molecular weight is 188 g/mol. The average Bonchev–Trinajstić information content (AvgIpc) is 2.25. The van der Waals surface area contributed by atoms with Crippen molar-refractivity contribution in [2.24, 2.45) is 0 Å². The Kier molecular flexibility index (Phi) is 4.82. The van der Waals surface area contributed by atoms with E-state index in [-0.39, 0.29) is 0 Å². The van der Waals surface area contributed by atoms with Crippen LogP contribution in [-0.4, -0.2) is 11.2 Å². The minimum absolute atomic E-state index is 0.671. The molecule has 0 aromatic rings. The largest absolute Gasteiger partial charge is 0.377 e. The number of hydrogen-bond acceptors (Lipinski definition) is 1. The summed E-state index contributed by atoms with van der Waals surface area (Å²) in [4.78, 5) is 0. The zero-order valence-electron chi connectivity index (χ0n) is 8.37. The van der Waals surface area contributed by atoms with Crippen LogP contribution in [0, 0.1) is 11.8 Å². The van der Waals surface area contributed by atoms with Crippen LogP contribution in [0.3, 0.4) is 0 Å². The van der Waals surface area contributed by atoms with Gasteiger partial charge in [-0.2, -0.15) is 0 Å². The molecule has 0 heterocycles. The van der Waals surface area contributed by atoms with Crippen molar-refractivity contribution in [3.05, 3.63) is 36.5 Å². The van der Waals surface area contributed by atoms with Crippen LogP contribution in [0.15, 0.2) is 36.5 Å². The van der Waals surface area contributed by atoms with Gasteiger partial charge in [-0.3, -0.25) is 0 Å². The highest BCUT2D eigenvalue weighted by atomic mass is 16.3. The van der Waals surface area contributed by atoms with Crippen molar-refractivity contribution in [1.82, 2.24) is 0 Å². The molecule has 0 amide bonds. The Bertz CT molecular complexity index is 299. The predicted octanol–water partition coefficient (Wildman–Crippen LogP) is 2.59. The highest BCUT2D eigenvalue weighted by molar-refractivity contribution is 5.32. The van der Waals surface area contributed by atoms with E-state index >= 15 is 0 Å². The Morgan fingerprint density at radius 1 is 1.50 bits per heavy atom. The summed E-state index contributed by atoms with van der Waals surface area (Å²) in [5.41, 5.74) is 1.17. The molecular weight excluding hydrogens is 172 g/mol. The van der Waals surface area contributed by atoms with E-state index in [0.29, 0.717) is 0 Å². The van der Waals surface area contributed by atoms with Gasteiger partial charge >= 0.3 is 0 Å². The van der Waals surface area contributed by atoms with Gasteiger partial charge in [0.05, 0.1) is 0 Å². The standard InChI is InChI=1S/C13H16O/c1-2-3-9-13(14)11-10-12-7-5-4-6-8-12/h2-3,7,9,13-14H,1,4-6,8H2/b9-3+. The predicted molar refractivity (Wildman–Crippen MR) is 59.7 cm³/mol. The first-order valence-corrected chi connectivity index (χ1v) is 5.01. The van der Waals surface area contributed by atoms with Crippen LogP contribution >= 0.6 is 0 Å². The van der Waals surface area contributed by atoms with Gasteiger partial charge in [0.25, 0.3) is 0 Å². The third kappa shape index (κ3) is 4.11. The SMILES string of the molecule is C=C/C=C/C(O)C#CC1=CCCCC1. The second kappa shape index (κ2) is 6.23. The summed E-state index contributed by atoms with van der Waals surface area (Å²) in [6.07, 6.45) is 11.1. The molecule has 0 spiro atoms. The molecule has 1 atom stereocenters. The fourth-order valence-corrected chi connectivity index (χ4v) is 1.35. The molecule has 0 saturated heterocycles. The smallest absolute Gasteiger partial charge is 0.134 e. The minimum Gasteiger partial charge on any atom is -0.377 e. The molecule has 0 radical (unpaired) electrons. The van der Waals surface area contributed by atoms with E-state index in [1.165, 1.54) is 18.4 Å². The van der Waals surface area contributed by atoms with Gasteiger partial charge in [-0.05, 0) is 37.3 Å². The van der Waals surface area contributed by atoms with Crippen LogP contribution in [0.5, 0.6) is 0 Å². The molecule has 0 aliphatic heterocycles. The van der Waals surface area contributed by atoms with Crippen molar-refractivity contribution in [3.63, 3.8) is 0 Å². The van der Waals surface area contributed by atoms with Gasteiger partial charge in [0.1, 0.15) is 6.10 Å². The van der Waals surface area contributed by atoms with E-state index in [0.717, 1.165) is 12.8 Å². The molecule has 1 unspecified atom stereocenters. The zero-order chi connectivity index (χ0) is 10.2. The maximum absolute atomic E-state index is 9.38. The van der Waals surface area contributed by atoms with Crippen molar-refractivity contribution in [3.8, 4) is 11.8 Å². The summed E-state index contributed by atoms with van der Waals surface area (Å²) in [7, 11) is 0. The lowest BCUT2D eigenvalue weighted by atomic mass is 10.00. The van der Waals surface area contributed by atoms with Crippen LogP contribution < -0.4 is 0 Å². The zero-order valence-corrected chi connectivity index (χ0v) is 8.37. The van der Waals surface area contributed by atoms with Crippen molar-refractivity contribution in [2.75, 3.05) is 0 Å². The fraction of sp³-hybridized carbons (Fsp3) is 0.385. The summed E-state index contributed by atoms with van der Waals surface area (Å²) in [5, 5.41) is 9.38. The van der Waals surface area contributed by atoms with Crippen LogP contribution in [-0.2, 0) is 0 Å². The second-order valence-corrected chi connectivity index (χ2v) is 3.31. The first-order valence-electron chi connectivity index (χ1n) is 5.01. The molecule has 0 bridgehead atoms. The Morgan fingerprint density at radius 3 is 3.00 bits per heavy atom. The first-order chi connectivity index (χ1) is 6.83. The number of hydrogen-bond donors (Lipinski definition) is 1. The van der Waals surface area contributed by atoms with Gasteiger partial charge in [-0.1, -0.05) is 36.6 Å². The highest BCUT2D eigenvalue weighted by Crippen LogP contribution is 2.16. The summed E-state index contributed by atoms with van der Waals surface area (Å²) in [6.45, 7) is 3.53. The summed E-state index contributed by atoms with van der Waals surface area (Å²) in [6, 6.07) is 0. The highest BCUT2D eigenvalue weighted by Gasteiger charge is 1.99. The molecule has 1 N–H and O–H groups in total. The van der Waals surface area contributed by atoms with Gasteiger partial charge in [-0.25, -0.2) is 0 Å². The Labute approximate surface area is 85.8 Å². The molecule has 0 aromatic carbocycles. The van der Waals surface area contributed by atoms with E-state index in [9.17, 15) is 5.11 Å². The number of aliphatic hydroxyl groups excluding tert-OH is 1. The summed E-state index contributed by atoms with van der Waals surface area (Å²) >= 11 is 0. The monoisotopic (exact) mass is 188 g/mol. The number of rotatable bonds is 2. The van der Waals surface area contributed by atoms with E-state index in [1.54, 1.807) is 18.2 Å². The van der Waals surface area contributed by atoms with E-state index in [2.05, 4.69) is 24.5 Å². The van der Waals surface area contributed by atoms with Crippen molar-refractivity contribution in [1.29, 1.82) is 0 Å². The van der Waals surface area contributed by atoms with Gasteiger partial charge in [0, 0.05) is 0 Å². The van der Waals surface area contributed by atoms with E-state index in [4.69, 9.17) is 0 Å². The van der Waals surface area contributed by atoms with Crippen molar-refractivity contribution >= 4 is 0 Å². The molecule has 1 heteroatoms. The molecule has 0 aromatic heterocycles. The molecule has 0 fully saturated rings. The minimum atomic E-state index is -0.671. The first kappa shape index (κ1) is 10.8. The normalized spacial score (nSPS) is 18.2. The maximum atomic E-state index is 9.38. The van der Waals surface area contributed by atoms with E-state index < -0.39 is 6.10 Å². The Balaban J connectivity index is 2.48. The summed E-state index contributed by atoms with van der Waals surface area (Å²) in [5.74, 6) is 5.80. The van der Waals surface area contributed by atoms with Gasteiger partial charge < -0.3 is 5.11 Å². The molecule has 1 rings (SSSR count). The van der Waals surface area contributed by atoms with Crippen LogP contribution in [0.1, 0.15) is 25.7 Å². The lowest BCUT2D eigenvalue weighted by molar-refractivity contribution is 0.280. The lowest BCUT2D eigenvalue weighted by Crippen LogP contribution is -1.97. The molecule has 1 nitrogen and oxygen atoms in total. The van der Waals surface area contributed by atoms with Crippen molar-refractivity contribution < 1.29 is 5.11 Å². The molecule has 0 saturated carbocycles. The third-order valence-electron chi connectivity index (χ3n) is 2.10. The molecule has 1 aliphatic rings. The van der Waals surface area contributed by atoms with Crippen molar-refractivity contribution in [2.45, 2.75) is 31.8 Å². The topological polar surface area (TPSA) is 20.2 Å². The third-order valence-corrected chi connectivity index (χ3v) is 2.10. The van der Waals surface area contributed by atoms with Gasteiger partial charge in [0.15, 0.2) is 0 Å². The van der Waals surface area contributed by atoms with Crippen LogP contribution in [0.4, 0.5) is 0 Å². The van der Waals surface area contributed by atoms with Gasteiger partial charge in [-0.15, -0.1) is 0 Å². The molecule has 1 aliphatic carbocycles. The maximum Gasteiger partial charge on any atom is 0.134 e. The Morgan fingerprint density at radius 2 is 2.36 bits per heavy atom. The second-order valence-electron chi connectivity index (χ2n) is 3.31. The molecule has 74 valence electrons. The Hall–Kier alpha value is -1.26. The number of aliphatic hydroxyl groups is 1. The van der Waals surface area contributed by atoms with Gasteiger partial charge in [0.2, 0.25) is 0 Å². The summed E-state index contributed by atoms with van der Waals surface area (Å²) < 4.78 is 0. The molecule has 14 heavy (non-hydrogen) atoms. The molecular formula is C13H16O. The van der Waals surface area contributed by atoms with Crippen LogP contribution in [0.2, 0.25) is 0 Å². The lowest BCUT2D eigenvalue weighted by Gasteiger charge is -2.05. The number of allylic oxidation sites excluding steroid dienone is 4. The van der Waals surface area contributed by atoms with Crippen LogP contribution in [0.25, 0.3) is 0 Å².